The van der Waals surface area contributed by atoms with Gasteiger partial charge in [-0.3, -0.25) is 4.79 Å². The first-order valence-corrected chi connectivity index (χ1v) is 9.44. The highest BCUT2D eigenvalue weighted by Gasteiger charge is 2.40. The summed E-state index contributed by atoms with van der Waals surface area (Å²) in [5.74, 6) is 1.17. The first-order valence-electron chi connectivity index (χ1n) is 9.44. The second-order valence-corrected chi connectivity index (χ2v) is 7.24. The molecule has 2 aromatic carbocycles. The topological polar surface area (TPSA) is 69.9 Å². The summed E-state index contributed by atoms with van der Waals surface area (Å²) in [7, 11) is 0. The smallest absolute Gasteiger partial charge is 0.235 e. The van der Waals surface area contributed by atoms with E-state index in [1.807, 2.05) is 43.3 Å². The summed E-state index contributed by atoms with van der Waals surface area (Å²) in [5, 5.41) is 4.85. The Morgan fingerprint density at radius 3 is 2.62 bits per heavy atom. The molecule has 1 aromatic heterocycles. The average Bonchev–Trinajstić information content (AvgIpc) is 3.28. The molecule has 2 heterocycles. The van der Waals surface area contributed by atoms with Crippen LogP contribution in [0.2, 0.25) is 0 Å². The molecule has 0 spiro atoms. The molecule has 0 atom stereocenters. The molecule has 150 valence electrons. The van der Waals surface area contributed by atoms with Gasteiger partial charge >= 0.3 is 0 Å². The largest absolute Gasteiger partial charge is 0.489 e. The second kappa shape index (κ2) is 8.11. The predicted octanol–water partition coefficient (Wildman–Crippen LogP) is 4.69. The predicted molar refractivity (Wildman–Crippen MR) is 110 cm³/mol. The molecule has 0 saturated carbocycles. The lowest BCUT2D eigenvalue weighted by Crippen LogP contribution is -2.45. The number of hydrogen-bond donors (Lipinski definition) is 1. The Balaban J connectivity index is 1.51. The number of furan rings is 1. The summed E-state index contributed by atoms with van der Waals surface area (Å²) in [4.78, 5) is 13.0. The van der Waals surface area contributed by atoms with E-state index in [4.69, 9.17) is 18.6 Å². The molecule has 0 radical (unpaired) electrons. The SMILES string of the molecule is C=CCOc1ccc(NC(=O)C2(C)COC(c3ccco3)OC2)c2ccccc12. The molecular weight excluding hydrogens is 370 g/mol. The number of benzene rings is 2. The van der Waals surface area contributed by atoms with E-state index in [1.165, 1.54) is 0 Å². The Kier molecular flexibility index (Phi) is 5.38. The third-order valence-corrected chi connectivity index (χ3v) is 4.92. The van der Waals surface area contributed by atoms with Crippen molar-refractivity contribution >= 4 is 22.4 Å². The standard InChI is InChI=1S/C23H23NO5/c1-3-12-26-19-11-10-18(16-7-4-5-8-17(16)19)24-22(25)23(2)14-28-21(29-15-23)20-9-6-13-27-20/h3-11,13,21H,1,12,14-15H2,2H3,(H,24,25). The number of hydrogen-bond acceptors (Lipinski definition) is 5. The van der Waals surface area contributed by atoms with E-state index in [0.29, 0.717) is 18.1 Å². The Morgan fingerprint density at radius 2 is 1.93 bits per heavy atom. The molecule has 1 amide bonds. The van der Waals surface area contributed by atoms with Crippen molar-refractivity contribution in [2.75, 3.05) is 25.1 Å². The van der Waals surface area contributed by atoms with Gasteiger partial charge in [0.2, 0.25) is 12.2 Å². The number of carbonyl (C=O) groups is 1. The maximum absolute atomic E-state index is 13.0. The molecule has 0 aliphatic carbocycles. The number of amides is 1. The molecule has 29 heavy (non-hydrogen) atoms. The van der Waals surface area contributed by atoms with Gasteiger partial charge in [0.25, 0.3) is 0 Å². The van der Waals surface area contributed by atoms with E-state index in [2.05, 4.69) is 11.9 Å². The summed E-state index contributed by atoms with van der Waals surface area (Å²) >= 11 is 0. The molecule has 1 saturated heterocycles. The van der Waals surface area contributed by atoms with Crippen LogP contribution in [0.5, 0.6) is 5.75 Å². The molecule has 1 aliphatic heterocycles. The number of nitrogens with one attached hydrogen (secondary N) is 1. The van der Waals surface area contributed by atoms with E-state index in [1.54, 1.807) is 24.5 Å². The monoisotopic (exact) mass is 393 g/mol. The van der Waals surface area contributed by atoms with E-state index >= 15 is 0 Å². The maximum Gasteiger partial charge on any atom is 0.235 e. The van der Waals surface area contributed by atoms with Crippen molar-refractivity contribution in [3.05, 3.63) is 73.2 Å². The van der Waals surface area contributed by atoms with Crippen LogP contribution in [0.1, 0.15) is 19.0 Å². The lowest BCUT2D eigenvalue weighted by Gasteiger charge is -2.35. The van der Waals surface area contributed by atoms with Crippen molar-refractivity contribution in [3.63, 3.8) is 0 Å². The minimum atomic E-state index is -0.817. The molecule has 6 heteroatoms. The third-order valence-electron chi connectivity index (χ3n) is 4.92. The summed E-state index contributed by atoms with van der Waals surface area (Å²) in [6.45, 7) is 6.37. The molecule has 0 unspecified atom stereocenters. The molecule has 1 N–H and O–H groups in total. The van der Waals surface area contributed by atoms with Gasteiger partial charge in [0, 0.05) is 16.5 Å². The van der Waals surface area contributed by atoms with Gasteiger partial charge in [-0.05, 0) is 31.2 Å². The highest BCUT2D eigenvalue weighted by molar-refractivity contribution is 6.05. The van der Waals surface area contributed by atoms with Crippen LogP contribution in [0.3, 0.4) is 0 Å². The van der Waals surface area contributed by atoms with Gasteiger partial charge in [0.15, 0.2) is 5.76 Å². The van der Waals surface area contributed by atoms with Crippen molar-refractivity contribution in [2.45, 2.75) is 13.2 Å². The van der Waals surface area contributed by atoms with Gasteiger partial charge in [-0.15, -0.1) is 0 Å². The zero-order valence-corrected chi connectivity index (χ0v) is 16.2. The molecular formula is C23H23NO5. The van der Waals surface area contributed by atoms with Crippen molar-refractivity contribution in [2.24, 2.45) is 5.41 Å². The van der Waals surface area contributed by atoms with Crippen LogP contribution in [-0.2, 0) is 14.3 Å². The van der Waals surface area contributed by atoms with E-state index in [9.17, 15) is 4.79 Å². The van der Waals surface area contributed by atoms with Crippen LogP contribution in [0, 0.1) is 5.41 Å². The van der Waals surface area contributed by atoms with Crippen LogP contribution >= 0.6 is 0 Å². The summed E-state index contributed by atoms with van der Waals surface area (Å²) in [6.07, 6.45) is 2.67. The van der Waals surface area contributed by atoms with Crippen molar-refractivity contribution in [1.29, 1.82) is 0 Å². The van der Waals surface area contributed by atoms with Crippen molar-refractivity contribution in [3.8, 4) is 5.75 Å². The molecule has 6 nitrogen and oxygen atoms in total. The fourth-order valence-electron chi connectivity index (χ4n) is 3.26. The minimum absolute atomic E-state index is 0.166. The highest BCUT2D eigenvalue weighted by Crippen LogP contribution is 2.35. The minimum Gasteiger partial charge on any atom is -0.489 e. The fourth-order valence-corrected chi connectivity index (χ4v) is 3.26. The zero-order valence-electron chi connectivity index (χ0n) is 16.2. The summed E-state index contributed by atoms with van der Waals surface area (Å²) in [6, 6.07) is 15.0. The van der Waals surface area contributed by atoms with Crippen LogP contribution in [0.15, 0.2) is 71.9 Å². The molecule has 1 aliphatic rings. The number of rotatable bonds is 6. The van der Waals surface area contributed by atoms with Crippen LogP contribution in [-0.4, -0.2) is 25.7 Å². The lowest BCUT2D eigenvalue weighted by molar-refractivity contribution is -0.232. The fraction of sp³-hybridized carbons (Fsp3) is 0.261. The number of ether oxygens (including phenoxy) is 3. The van der Waals surface area contributed by atoms with Crippen LogP contribution in [0.4, 0.5) is 5.69 Å². The average molecular weight is 393 g/mol. The Hall–Kier alpha value is -3.09. The second-order valence-electron chi connectivity index (χ2n) is 7.24. The van der Waals surface area contributed by atoms with Gasteiger partial charge in [-0.2, -0.15) is 0 Å². The normalized spacial score (nSPS) is 21.6. The highest BCUT2D eigenvalue weighted by atomic mass is 16.7. The number of anilines is 1. The Morgan fingerprint density at radius 1 is 1.17 bits per heavy atom. The van der Waals surface area contributed by atoms with Gasteiger partial charge in [-0.25, -0.2) is 0 Å². The van der Waals surface area contributed by atoms with Gasteiger partial charge in [-0.1, -0.05) is 36.9 Å². The van der Waals surface area contributed by atoms with E-state index in [0.717, 1.165) is 16.5 Å². The molecule has 1 fully saturated rings. The van der Waals surface area contributed by atoms with E-state index in [-0.39, 0.29) is 19.1 Å². The first-order chi connectivity index (χ1) is 14.1. The molecule has 0 bridgehead atoms. The third kappa shape index (κ3) is 3.90. The van der Waals surface area contributed by atoms with E-state index < -0.39 is 11.7 Å². The Labute approximate surface area is 169 Å². The van der Waals surface area contributed by atoms with Crippen LogP contribution in [0.25, 0.3) is 10.8 Å². The Bertz CT molecular complexity index is 1000. The maximum atomic E-state index is 13.0. The molecule has 4 rings (SSSR count). The summed E-state index contributed by atoms with van der Waals surface area (Å²) in [5.41, 5.74) is -0.103. The number of fused-ring (bicyclic) bond motifs is 1. The summed E-state index contributed by atoms with van der Waals surface area (Å²) < 4.78 is 22.5. The van der Waals surface area contributed by atoms with Crippen LogP contribution < -0.4 is 10.1 Å². The lowest BCUT2D eigenvalue weighted by atomic mass is 9.90. The van der Waals surface area contributed by atoms with Crippen molar-refractivity contribution in [1.82, 2.24) is 0 Å². The van der Waals surface area contributed by atoms with Gasteiger partial charge in [0.1, 0.15) is 12.4 Å². The zero-order chi connectivity index (χ0) is 20.3. The van der Waals surface area contributed by atoms with Gasteiger partial charge in [0.05, 0.1) is 24.9 Å². The molecule has 3 aromatic rings. The van der Waals surface area contributed by atoms with Gasteiger partial charge < -0.3 is 23.9 Å². The number of carbonyl (C=O) groups excluding carboxylic acids is 1. The van der Waals surface area contributed by atoms with Crippen molar-refractivity contribution < 1.29 is 23.4 Å². The first kappa shape index (κ1) is 19.2. The quantitative estimate of drug-likeness (QED) is 0.616.